The summed E-state index contributed by atoms with van der Waals surface area (Å²) in [6, 6.07) is 7.48. The molecule has 0 aromatic heterocycles. The first-order valence-electron chi connectivity index (χ1n) is 8.21. The summed E-state index contributed by atoms with van der Waals surface area (Å²) in [5.41, 5.74) is -0.720. The average Bonchev–Trinajstić information content (AvgIpc) is 2.64. The topological polar surface area (TPSA) is 44.8 Å². The van der Waals surface area contributed by atoms with Crippen LogP contribution in [0.1, 0.15) is 18.4 Å². The van der Waals surface area contributed by atoms with Crippen LogP contribution in [-0.2, 0) is 11.0 Å². The van der Waals surface area contributed by atoms with E-state index in [2.05, 4.69) is 0 Å². The highest BCUT2D eigenvalue weighted by molar-refractivity contribution is 6.37. The van der Waals surface area contributed by atoms with Crippen molar-refractivity contribution in [1.82, 2.24) is 0 Å². The van der Waals surface area contributed by atoms with Gasteiger partial charge in [-0.3, -0.25) is 4.79 Å². The zero-order valence-corrected chi connectivity index (χ0v) is 16.0. The van der Waals surface area contributed by atoms with E-state index in [1.807, 2.05) is 0 Å². The quantitative estimate of drug-likeness (QED) is 0.446. The number of alkyl halides is 3. The monoisotopic (exact) mass is 435 g/mol. The lowest BCUT2D eigenvalue weighted by molar-refractivity contribution is -0.137. The van der Waals surface area contributed by atoms with Crippen LogP contribution < -0.4 is 14.2 Å². The molecule has 0 amide bonds. The molecule has 9 heteroatoms. The number of rotatable bonds is 10. The van der Waals surface area contributed by atoms with Crippen molar-refractivity contribution in [3.05, 3.63) is 52.0 Å². The molecular formula is C19H16Cl2F3O4. The smallest absolute Gasteiger partial charge is 0.416 e. The van der Waals surface area contributed by atoms with Gasteiger partial charge in [0.15, 0.2) is 12.4 Å². The third kappa shape index (κ3) is 6.80. The van der Waals surface area contributed by atoms with Crippen molar-refractivity contribution >= 4 is 29.5 Å². The zero-order valence-electron chi connectivity index (χ0n) is 14.5. The first kappa shape index (κ1) is 22.2. The number of ether oxygens (including phenoxy) is 3. The van der Waals surface area contributed by atoms with E-state index >= 15 is 0 Å². The van der Waals surface area contributed by atoms with Crippen molar-refractivity contribution in [3.63, 3.8) is 0 Å². The Kier molecular flexibility index (Phi) is 8.26. The van der Waals surface area contributed by atoms with E-state index in [-0.39, 0.29) is 16.7 Å². The van der Waals surface area contributed by atoms with Crippen molar-refractivity contribution in [2.24, 2.45) is 0 Å². The molecule has 0 bridgehead atoms. The summed E-state index contributed by atoms with van der Waals surface area (Å²) >= 11 is 12.2. The second-order valence-electron chi connectivity index (χ2n) is 5.58. The zero-order chi connectivity index (χ0) is 20.6. The van der Waals surface area contributed by atoms with Crippen molar-refractivity contribution in [2.45, 2.75) is 19.0 Å². The van der Waals surface area contributed by atoms with Crippen LogP contribution in [0, 0.1) is 0 Å². The molecule has 0 spiro atoms. The van der Waals surface area contributed by atoms with Gasteiger partial charge in [-0.2, -0.15) is 13.2 Å². The number of halogens is 5. The Morgan fingerprint density at radius 1 is 0.857 bits per heavy atom. The highest BCUT2D eigenvalue weighted by Gasteiger charge is 2.29. The largest absolute Gasteiger partial charge is 0.494 e. The number of unbranched alkanes of at least 4 members (excludes halogenated alkanes) is 1. The van der Waals surface area contributed by atoms with Crippen molar-refractivity contribution in [3.8, 4) is 17.2 Å². The molecule has 2 rings (SSSR count). The van der Waals surface area contributed by atoms with Gasteiger partial charge in [-0.25, -0.2) is 0 Å². The van der Waals surface area contributed by atoms with E-state index in [9.17, 15) is 18.0 Å². The lowest BCUT2D eigenvalue weighted by atomic mass is 10.2. The van der Waals surface area contributed by atoms with Crippen LogP contribution in [0.15, 0.2) is 36.4 Å². The number of carbonyl (C=O) groups excluding carboxylic acids is 1. The molecule has 0 aliphatic carbocycles. The maximum atomic E-state index is 12.5. The average molecular weight is 436 g/mol. The second kappa shape index (κ2) is 10.4. The molecular weight excluding hydrogens is 420 g/mol. The van der Waals surface area contributed by atoms with Gasteiger partial charge in [-0.05, 0) is 37.1 Å². The molecule has 0 aliphatic heterocycles. The molecule has 0 fully saturated rings. The van der Waals surface area contributed by atoms with Crippen LogP contribution in [-0.4, -0.2) is 26.1 Å². The van der Waals surface area contributed by atoms with Crippen LogP contribution in [0.2, 0.25) is 10.0 Å². The molecule has 0 aliphatic rings. The third-order valence-corrected chi connectivity index (χ3v) is 4.07. The molecule has 0 saturated carbocycles. The van der Waals surface area contributed by atoms with E-state index < -0.39 is 11.7 Å². The van der Waals surface area contributed by atoms with Gasteiger partial charge >= 0.3 is 6.18 Å². The van der Waals surface area contributed by atoms with E-state index in [0.29, 0.717) is 43.3 Å². The normalized spacial score (nSPS) is 11.2. The molecule has 0 saturated heterocycles. The Labute approximate surface area is 170 Å². The number of hydrogen-bond donors (Lipinski definition) is 0. The Morgan fingerprint density at radius 3 is 1.96 bits per heavy atom. The van der Waals surface area contributed by atoms with Gasteiger partial charge in [0.05, 0.1) is 28.8 Å². The van der Waals surface area contributed by atoms with Gasteiger partial charge in [0.2, 0.25) is 6.29 Å². The van der Waals surface area contributed by atoms with Crippen LogP contribution in [0.25, 0.3) is 0 Å². The maximum Gasteiger partial charge on any atom is 0.416 e. The minimum atomic E-state index is -4.37. The lowest BCUT2D eigenvalue weighted by Crippen LogP contribution is -2.05. The SMILES string of the molecule is O=[C]COc1cc(Cl)c(OCCCCOc2ccc(C(F)(F)F)cc2)c(Cl)c1. The highest BCUT2D eigenvalue weighted by atomic mass is 35.5. The second-order valence-corrected chi connectivity index (χ2v) is 6.39. The van der Waals surface area contributed by atoms with E-state index in [1.54, 1.807) is 6.29 Å². The molecule has 28 heavy (non-hydrogen) atoms. The molecule has 0 unspecified atom stereocenters. The van der Waals surface area contributed by atoms with Crippen LogP contribution in [0.3, 0.4) is 0 Å². The highest BCUT2D eigenvalue weighted by Crippen LogP contribution is 2.37. The van der Waals surface area contributed by atoms with Gasteiger partial charge < -0.3 is 14.2 Å². The number of benzene rings is 2. The minimum Gasteiger partial charge on any atom is -0.494 e. The third-order valence-electron chi connectivity index (χ3n) is 3.51. The van der Waals surface area contributed by atoms with E-state index in [1.165, 1.54) is 24.3 Å². The summed E-state index contributed by atoms with van der Waals surface area (Å²) < 4.78 is 53.5. The maximum absolute atomic E-state index is 12.5. The summed E-state index contributed by atoms with van der Waals surface area (Å²) in [6.07, 6.45) is -1.54. The van der Waals surface area contributed by atoms with Gasteiger partial charge in [-0.1, -0.05) is 23.2 Å². The number of hydrogen-bond acceptors (Lipinski definition) is 4. The van der Waals surface area contributed by atoms with Crippen LogP contribution in [0.4, 0.5) is 13.2 Å². The Morgan fingerprint density at radius 2 is 1.43 bits per heavy atom. The van der Waals surface area contributed by atoms with Gasteiger partial charge in [0.1, 0.15) is 11.5 Å². The summed E-state index contributed by atoms with van der Waals surface area (Å²) in [6.45, 7) is 0.412. The summed E-state index contributed by atoms with van der Waals surface area (Å²) in [5, 5.41) is 0.490. The molecule has 0 N–H and O–H groups in total. The molecule has 0 atom stereocenters. The van der Waals surface area contributed by atoms with E-state index in [4.69, 9.17) is 37.4 Å². The summed E-state index contributed by atoms with van der Waals surface area (Å²) in [7, 11) is 0. The molecule has 2 aromatic rings. The summed E-state index contributed by atoms with van der Waals surface area (Å²) in [5.74, 6) is 0.994. The lowest BCUT2D eigenvalue weighted by Gasteiger charge is -2.12. The van der Waals surface area contributed by atoms with Crippen molar-refractivity contribution in [2.75, 3.05) is 19.8 Å². The van der Waals surface area contributed by atoms with Crippen LogP contribution in [0.5, 0.6) is 17.2 Å². The van der Waals surface area contributed by atoms with Crippen LogP contribution >= 0.6 is 23.2 Å². The summed E-state index contributed by atoms with van der Waals surface area (Å²) in [4.78, 5) is 10.2. The Bertz CT molecular complexity index is 757. The molecule has 4 nitrogen and oxygen atoms in total. The molecule has 1 radical (unpaired) electrons. The van der Waals surface area contributed by atoms with Gasteiger partial charge in [-0.15, -0.1) is 0 Å². The first-order valence-corrected chi connectivity index (χ1v) is 8.96. The fourth-order valence-corrected chi connectivity index (χ4v) is 2.76. The van der Waals surface area contributed by atoms with Gasteiger partial charge in [0, 0.05) is 12.1 Å². The Hall–Kier alpha value is -2.12. The predicted molar refractivity (Wildman–Crippen MR) is 99.3 cm³/mol. The fourth-order valence-electron chi connectivity index (χ4n) is 2.18. The predicted octanol–water partition coefficient (Wildman–Crippen LogP) is 5.74. The van der Waals surface area contributed by atoms with Gasteiger partial charge in [0.25, 0.3) is 0 Å². The van der Waals surface area contributed by atoms with E-state index in [0.717, 1.165) is 12.1 Å². The Balaban J connectivity index is 1.72. The fraction of sp³-hybridized carbons (Fsp3) is 0.316. The van der Waals surface area contributed by atoms with Crippen molar-refractivity contribution in [1.29, 1.82) is 0 Å². The molecule has 0 heterocycles. The first-order chi connectivity index (χ1) is 13.3. The van der Waals surface area contributed by atoms with Crippen molar-refractivity contribution < 1.29 is 32.2 Å². The molecule has 2 aromatic carbocycles. The minimum absolute atomic E-state index is 0.230. The molecule has 151 valence electrons. The standard InChI is InChI=1S/C19H16Cl2F3O4/c20-16-11-15(27-10-7-25)12-17(21)18(16)28-9-2-1-8-26-14-5-3-13(4-6-14)19(22,23)24/h3-6,11-12H,1-2,8-10H2.